The van der Waals surface area contributed by atoms with Gasteiger partial charge in [-0.3, -0.25) is 0 Å². The van der Waals surface area contributed by atoms with Gasteiger partial charge in [0.15, 0.2) is 0 Å². The molecule has 1 N–H and O–H groups in total. The summed E-state index contributed by atoms with van der Waals surface area (Å²) in [4.78, 5) is 0. The zero-order valence-corrected chi connectivity index (χ0v) is 11.9. The zero-order valence-electron chi connectivity index (χ0n) is 11.9. The third kappa shape index (κ3) is 4.41. The Morgan fingerprint density at radius 2 is 1.83 bits per heavy atom. The Morgan fingerprint density at radius 3 is 2.33 bits per heavy atom. The first-order valence-corrected chi connectivity index (χ1v) is 6.59. The maximum atomic E-state index is 5.76. The van der Waals surface area contributed by atoms with Gasteiger partial charge in [-0.15, -0.1) is 0 Å². The van der Waals surface area contributed by atoms with E-state index in [0.717, 1.165) is 6.42 Å². The van der Waals surface area contributed by atoms with E-state index in [4.69, 9.17) is 9.47 Å². The van der Waals surface area contributed by atoms with Gasteiger partial charge < -0.3 is 14.8 Å². The first-order chi connectivity index (χ1) is 8.72. The number of nitrogens with one attached hydrogen (secondary N) is 1. The number of ether oxygens (including phenoxy) is 2. The molecule has 0 bridgehead atoms. The quantitative estimate of drug-likeness (QED) is 0.720. The lowest BCUT2D eigenvalue weighted by atomic mass is 10.0. The summed E-state index contributed by atoms with van der Waals surface area (Å²) in [6.07, 6.45) is 1.20. The molecule has 18 heavy (non-hydrogen) atoms. The molecule has 0 aromatic heterocycles. The van der Waals surface area contributed by atoms with Crippen molar-refractivity contribution < 1.29 is 9.47 Å². The van der Waals surface area contributed by atoms with Crippen molar-refractivity contribution in [1.29, 1.82) is 0 Å². The Hall–Kier alpha value is -0.900. The van der Waals surface area contributed by atoms with Gasteiger partial charge >= 0.3 is 0 Å². The summed E-state index contributed by atoms with van der Waals surface area (Å²) < 4.78 is 10.8. The third-order valence-electron chi connectivity index (χ3n) is 3.20. The molecule has 0 radical (unpaired) electrons. The van der Waals surface area contributed by atoms with Crippen LogP contribution in [0.25, 0.3) is 0 Å². The minimum atomic E-state index is 0.123. The number of aryl methyl sites for hydroxylation is 1. The number of likely N-dealkylation sites (N-methyl/N-ethyl adjacent to an activating group) is 1. The van der Waals surface area contributed by atoms with E-state index >= 15 is 0 Å². The van der Waals surface area contributed by atoms with Crippen LogP contribution in [0.15, 0.2) is 24.3 Å². The van der Waals surface area contributed by atoms with Crippen molar-refractivity contribution in [2.75, 3.05) is 27.4 Å². The van der Waals surface area contributed by atoms with Crippen molar-refractivity contribution >= 4 is 0 Å². The normalized spacial score (nSPS) is 14.4. The van der Waals surface area contributed by atoms with Gasteiger partial charge in [0, 0.05) is 7.11 Å². The molecule has 2 unspecified atom stereocenters. The number of methoxy groups -OCH3 is 1. The van der Waals surface area contributed by atoms with Gasteiger partial charge in [0.05, 0.1) is 25.4 Å². The van der Waals surface area contributed by atoms with Gasteiger partial charge in [-0.2, -0.15) is 0 Å². The number of hydrogen-bond acceptors (Lipinski definition) is 3. The predicted molar refractivity (Wildman–Crippen MR) is 74.9 cm³/mol. The van der Waals surface area contributed by atoms with Crippen molar-refractivity contribution in [3.63, 3.8) is 0 Å². The van der Waals surface area contributed by atoms with Crippen molar-refractivity contribution in [2.45, 2.75) is 32.4 Å². The highest BCUT2D eigenvalue weighted by atomic mass is 16.5. The average Bonchev–Trinajstić information content (AvgIpc) is 2.41. The summed E-state index contributed by atoms with van der Waals surface area (Å²) in [5, 5.41) is 3.32. The lowest BCUT2D eigenvalue weighted by Gasteiger charge is -2.24. The second kappa shape index (κ2) is 8.25. The number of benzene rings is 1. The molecule has 1 rings (SSSR count). The lowest BCUT2D eigenvalue weighted by molar-refractivity contribution is 0.00859. The van der Waals surface area contributed by atoms with Gasteiger partial charge in [-0.1, -0.05) is 31.2 Å². The maximum absolute atomic E-state index is 5.76. The van der Waals surface area contributed by atoms with Crippen LogP contribution >= 0.6 is 0 Å². The Balaban J connectivity index is 2.62. The van der Waals surface area contributed by atoms with E-state index in [1.54, 1.807) is 7.11 Å². The average molecular weight is 251 g/mol. The highest BCUT2D eigenvalue weighted by Gasteiger charge is 2.17. The highest BCUT2D eigenvalue weighted by molar-refractivity contribution is 5.25. The van der Waals surface area contributed by atoms with Crippen LogP contribution in [-0.4, -0.2) is 33.5 Å². The Labute approximate surface area is 110 Å². The molecule has 0 aliphatic carbocycles. The molecule has 3 heteroatoms. The van der Waals surface area contributed by atoms with E-state index in [9.17, 15) is 0 Å². The fourth-order valence-corrected chi connectivity index (χ4v) is 2.05. The fourth-order valence-electron chi connectivity index (χ4n) is 2.05. The van der Waals surface area contributed by atoms with Gasteiger partial charge in [-0.05, 0) is 31.5 Å². The Bertz CT molecular complexity index is 324. The molecule has 0 aliphatic rings. The van der Waals surface area contributed by atoms with E-state index in [2.05, 4.69) is 43.4 Å². The van der Waals surface area contributed by atoms with E-state index in [1.807, 2.05) is 7.05 Å². The van der Waals surface area contributed by atoms with Crippen molar-refractivity contribution in [2.24, 2.45) is 0 Å². The molecule has 0 fully saturated rings. The van der Waals surface area contributed by atoms with Crippen LogP contribution in [0.5, 0.6) is 0 Å². The summed E-state index contributed by atoms with van der Waals surface area (Å²) in [7, 11) is 3.65. The lowest BCUT2D eigenvalue weighted by Crippen LogP contribution is -2.30. The van der Waals surface area contributed by atoms with E-state index in [0.29, 0.717) is 13.2 Å². The van der Waals surface area contributed by atoms with Crippen LogP contribution < -0.4 is 5.32 Å². The van der Waals surface area contributed by atoms with Crippen molar-refractivity contribution in [1.82, 2.24) is 5.32 Å². The Kier molecular flexibility index (Phi) is 6.94. The summed E-state index contributed by atoms with van der Waals surface area (Å²) >= 11 is 0. The molecular formula is C15H25NO2. The summed E-state index contributed by atoms with van der Waals surface area (Å²) in [5.74, 6) is 0. The second-order valence-corrected chi connectivity index (χ2v) is 4.43. The smallest absolute Gasteiger partial charge is 0.0742 e. The molecule has 0 heterocycles. The first-order valence-electron chi connectivity index (χ1n) is 6.59. The summed E-state index contributed by atoms with van der Waals surface area (Å²) in [6.45, 7) is 5.52. The van der Waals surface area contributed by atoms with E-state index in [-0.39, 0.29) is 12.1 Å². The second-order valence-electron chi connectivity index (χ2n) is 4.43. The minimum Gasteiger partial charge on any atom is -0.382 e. The van der Waals surface area contributed by atoms with Crippen LogP contribution in [0.2, 0.25) is 0 Å². The van der Waals surface area contributed by atoms with Crippen LogP contribution in [0, 0.1) is 0 Å². The summed E-state index contributed by atoms with van der Waals surface area (Å²) in [5.41, 5.74) is 2.63. The molecule has 102 valence electrons. The number of hydrogen-bond donors (Lipinski definition) is 1. The topological polar surface area (TPSA) is 30.5 Å². The monoisotopic (exact) mass is 251 g/mol. The van der Waals surface area contributed by atoms with Crippen LogP contribution in [-0.2, 0) is 15.9 Å². The zero-order chi connectivity index (χ0) is 13.4. The molecule has 3 nitrogen and oxygen atoms in total. The van der Waals surface area contributed by atoms with Gasteiger partial charge in [-0.25, -0.2) is 0 Å². The SMILES string of the molecule is CCc1ccc(C(NC)C(C)OCCOC)cc1. The standard InChI is InChI=1S/C15H25NO2/c1-5-13-6-8-14(9-7-13)15(16-3)12(2)18-11-10-17-4/h6-9,12,15-16H,5,10-11H2,1-4H3. The first kappa shape index (κ1) is 15.2. The molecule has 1 aromatic carbocycles. The van der Waals surface area contributed by atoms with Crippen LogP contribution in [0.3, 0.4) is 0 Å². The van der Waals surface area contributed by atoms with Crippen LogP contribution in [0.1, 0.15) is 31.0 Å². The molecule has 2 atom stereocenters. The molecular weight excluding hydrogens is 226 g/mol. The fraction of sp³-hybridized carbons (Fsp3) is 0.600. The van der Waals surface area contributed by atoms with Crippen molar-refractivity contribution in [3.05, 3.63) is 35.4 Å². The predicted octanol–water partition coefficient (Wildman–Crippen LogP) is 2.56. The summed E-state index contributed by atoms with van der Waals surface area (Å²) in [6, 6.07) is 8.93. The molecule has 0 aliphatic heterocycles. The molecule has 1 aromatic rings. The van der Waals surface area contributed by atoms with Crippen LogP contribution in [0.4, 0.5) is 0 Å². The van der Waals surface area contributed by atoms with Crippen molar-refractivity contribution in [3.8, 4) is 0 Å². The number of rotatable bonds is 8. The maximum Gasteiger partial charge on any atom is 0.0742 e. The highest BCUT2D eigenvalue weighted by Crippen LogP contribution is 2.19. The van der Waals surface area contributed by atoms with Gasteiger partial charge in [0.25, 0.3) is 0 Å². The third-order valence-corrected chi connectivity index (χ3v) is 3.20. The van der Waals surface area contributed by atoms with E-state index < -0.39 is 0 Å². The molecule has 0 saturated carbocycles. The molecule has 0 spiro atoms. The molecule has 0 amide bonds. The van der Waals surface area contributed by atoms with Gasteiger partial charge in [0.1, 0.15) is 0 Å². The largest absolute Gasteiger partial charge is 0.382 e. The molecule has 0 saturated heterocycles. The van der Waals surface area contributed by atoms with Gasteiger partial charge in [0.2, 0.25) is 0 Å². The van der Waals surface area contributed by atoms with E-state index in [1.165, 1.54) is 11.1 Å². The minimum absolute atomic E-state index is 0.123. The Morgan fingerprint density at radius 1 is 1.17 bits per heavy atom.